The topological polar surface area (TPSA) is 102 Å². The Balaban J connectivity index is 0.000000537. The number of hydrogen-bond donors (Lipinski definition) is 1. The number of hydrogen-bond acceptors (Lipinski definition) is 7. The van der Waals surface area contributed by atoms with Gasteiger partial charge in [0.1, 0.15) is 5.75 Å². The number of benzene rings is 1. The predicted octanol–water partition coefficient (Wildman–Crippen LogP) is 1.83. The largest absolute Gasteiger partial charge is 0.495 e. The van der Waals surface area contributed by atoms with Crippen molar-refractivity contribution in [3.8, 4) is 5.75 Å². The molecule has 10 heteroatoms. The zero-order valence-corrected chi connectivity index (χ0v) is 17.1. The van der Waals surface area contributed by atoms with Crippen LogP contribution in [0, 0.1) is 0 Å². The number of carbonyl (C=O) groups excluding carboxylic acids is 3. The minimum atomic E-state index is -0.504. The Morgan fingerprint density at radius 3 is 2.69 bits per heavy atom. The van der Waals surface area contributed by atoms with Crippen LogP contribution in [0.3, 0.4) is 0 Å². The molecule has 0 spiro atoms. The first-order chi connectivity index (χ1) is 13.9. The van der Waals surface area contributed by atoms with Gasteiger partial charge in [-0.05, 0) is 12.1 Å². The second kappa shape index (κ2) is 10.8. The maximum Gasteiger partial charge on any atom is 0.312 e. The van der Waals surface area contributed by atoms with E-state index in [1.807, 2.05) is 16.0 Å². The number of nitrogens with zero attached hydrogens (tertiary/aromatic N) is 3. The first kappa shape index (κ1) is 21.9. The van der Waals surface area contributed by atoms with Crippen molar-refractivity contribution in [1.82, 2.24) is 14.3 Å². The van der Waals surface area contributed by atoms with Gasteiger partial charge in [-0.15, -0.1) is 11.3 Å². The third-order valence-corrected chi connectivity index (χ3v) is 4.20. The van der Waals surface area contributed by atoms with Crippen molar-refractivity contribution in [3.63, 3.8) is 0 Å². The minimum Gasteiger partial charge on any atom is -0.495 e. The Bertz CT molecular complexity index is 938. The molecule has 0 aliphatic rings. The first-order valence-corrected chi connectivity index (χ1v) is 9.42. The summed E-state index contributed by atoms with van der Waals surface area (Å²) < 4.78 is 12.0. The standard InChI is InChI=1S/C16H15N3O4S.C3H7NO/c1-22-13-5-3-2-4-12(13)18-14(20)10-23-15(21)8-11-9-19-6-7-24-16(19)17-11;1-4(2)3-5/h2-7,9H,8,10H2,1H3,(H,18,20);3H,1-2H3. The molecule has 0 saturated heterocycles. The summed E-state index contributed by atoms with van der Waals surface area (Å²) in [6, 6.07) is 7.00. The van der Waals surface area contributed by atoms with Gasteiger partial charge in [-0.3, -0.25) is 18.8 Å². The Kier molecular flexibility index (Phi) is 8.16. The van der Waals surface area contributed by atoms with Crippen molar-refractivity contribution in [1.29, 1.82) is 0 Å². The van der Waals surface area contributed by atoms with Gasteiger partial charge in [0.25, 0.3) is 5.91 Å². The van der Waals surface area contributed by atoms with Crippen LogP contribution in [0.4, 0.5) is 5.69 Å². The molecular formula is C19H22N4O5S. The van der Waals surface area contributed by atoms with E-state index in [9.17, 15) is 14.4 Å². The number of fused-ring (bicyclic) bond motifs is 1. The lowest BCUT2D eigenvalue weighted by Gasteiger charge is -2.09. The van der Waals surface area contributed by atoms with Gasteiger partial charge >= 0.3 is 5.97 Å². The SMILES string of the molecule is CN(C)C=O.COc1ccccc1NC(=O)COC(=O)Cc1cn2ccsc2n1. The third kappa shape index (κ3) is 6.92. The van der Waals surface area contributed by atoms with Crippen LogP contribution in [-0.2, 0) is 25.5 Å². The lowest BCUT2D eigenvalue weighted by Crippen LogP contribution is -2.22. The molecule has 29 heavy (non-hydrogen) atoms. The zero-order valence-electron chi connectivity index (χ0n) is 16.3. The number of esters is 1. The molecule has 3 rings (SSSR count). The molecular weight excluding hydrogens is 396 g/mol. The lowest BCUT2D eigenvalue weighted by molar-refractivity contribution is -0.146. The first-order valence-electron chi connectivity index (χ1n) is 8.54. The van der Waals surface area contributed by atoms with E-state index in [4.69, 9.17) is 9.47 Å². The maximum atomic E-state index is 11.9. The second-order valence-corrected chi connectivity index (χ2v) is 6.85. The van der Waals surface area contributed by atoms with Crippen LogP contribution in [0.15, 0.2) is 42.0 Å². The van der Waals surface area contributed by atoms with Crippen LogP contribution < -0.4 is 10.1 Å². The monoisotopic (exact) mass is 418 g/mol. The van der Waals surface area contributed by atoms with Crippen molar-refractivity contribution < 1.29 is 23.9 Å². The minimum absolute atomic E-state index is 0.0241. The average Bonchev–Trinajstić information content (AvgIpc) is 3.29. The molecule has 2 heterocycles. The van der Waals surface area contributed by atoms with Gasteiger partial charge in [0.2, 0.25) is 6.41 Å². The van der Waals surface area contributed by atoms with E-state index in [1.165, 1.54) is 23.3 Å². The van der Waals surface area contributed by atoms with Crippen molar-refractivity contribution >= 4 is 40.3 Å². The molecule has 0 aliphatic heterocycles. The van der Waals surface area contributed by atoms with Gasteiger partial charge in [-0.2, -0.15) is 0 Å². The van der Waals surface area contributed by atoms with E-state index in [-0.39, 0.29) is 13.0 Å². The number of rotatable bonds is 7. The normalized spacial score (nSPS) is 9.90. The molecule has 0 fully saturated rings. The van der Waals surface area contributed by atoms with Gasteiger partial charge in [-0.1, -0.05) is 12.1 Å². The molecule has 0 aliphatic carbocycles. The molecule has 1 N–H and O–H groups in total. The van der Waals surface area contributed by atoms with Gasteiger partial charge in [0, 0.05) is 31.9 Å². The molecule has 0 bridgehead atoms. The van der Waals surface area contributed by atoms with Crippen molar-refractivity contribution in [2.24, 2.45) is 0 Å². The molecule has 3 aromatic rings. The smallest absolute Gasteiger partial charge is 0.312 e. The fraction of sp³-hybridized carbons (Fsp3) is 0.263. The number of methoxy groups -OCH3 is 1. The number of anilines is 1. The Morgan fingerprint density at radius 2 is 2.03 bits per heavy atom. The number of imidazole rings is 1. The fourth-order valence-corrected chi connectivity index (χ4v) is 2.86. The van der Waals surface area contributed by atoms with Crippen LogP contribution in [0.5, 0.6) is 5.75 Å². The average molecular weight is 418 g/mol. The number of ether oxygens (including phenoxy) is 2. The van der Waals surface area contributed by atoms with Crippen molar-refractivity contribution in [2.45, 2.75) is 6.42 Å². The maximum absolute atomic E-state index is 11.9. The molecule has 0 atom stereocenters. The summed E-state index contributed by atoms with van der Waals surface area (Å²) >= 11 is 1.48. The Morgan fingerprint density at radius 1 is 1.31 bits per heavy atom. The van der Waals surface area contributed by atoms with Crippen LogP contribution in [0.1, 0.15) is 5.69 Å². The van der Waals surface area contributed by atoms with E-state index in [2.05, 4.69) is 10.3 Å². The van der Waals surface area contributed by atoms with E-state index in [1.54, 1.807) is 44.6 Å². The summed E-state index contributed by atoms with van der Waals surface area (Å²) in [7, 11) is 4.89. The predicted molar refractivity (Wildman–Crippen MR) is 109 cm³/mol. The highest BCUT2D eigenvalue weighted by Gasteiger charge is 2.12. The molecule has 1 aromatic carbocycles. The van der Waals surface area contributed by atoms with Gasteiger partial charge < -0.3 is 19.7 Å². The summed E-state index contributed by atoms with van der Waals surface area (Å²) in [5.41, 5.74) is 1.13. The quantitative estimate of drug-likeness (QED) is 0.464. The Labute approximate surface area is 171 Å². The molecule has 0 saturated carbocycles. The summed E-state index contributed by atoms with van der Waals surface area (Å²) in [6.07, 6.45) is 4.40. The number of amides is 2. The summed E-state index contributed by atoms with van der Waals surface area (Å²) in [6.45, 7) is -0.362. The third-order valence-electron chi connectivity index (χ3n) is 3.42. The van der Waals surface area contributed by atoms with E-state index in [0.717, 1.165) is 11.4 Å². The molecule has 9 nitrogen and oxygen atoms in total. The highest BCUT2D eigenvalue weighted by atomic mass is 32.1. The number of aromatic nitrogens is 2. The molecule has 0 unspecified atom stereocenters. The van der Waals surface area contributed by atoms with Gasteiger partial charge in [-0.25, -0.2) is 4.98 Å². The van der Waals surface area contributed by atoms with Crippen molar-refractivity contribution in [3.05, 3.63) is 47.7 Å². The van der Waals surface area contributed by atoms with Crippen LogP contribution >= 0.6 is 11.3 Å². The number of nitrogens with one attached hydrogen (secondary N) is 1. The Hall–Kier alpha value is -3.40. The summed E-state index contributed by atoms with van der Waals surface area (Å²) in [4.78, 5) is 39.7. The lowest BCUT2D eigenvalue weighted by atomic mass is 10.3. The van der Waals surface area contributed by atoms with E-state index < -0.39 is 11.9 Å². The highest BCUT2D eigenvalue weighted by molar-refractivity contribution is 7.15. The van der Waals surface area contributed by atoms with Crippen LogP contribution in [-0.4, -0.2) is 60.4 Å². The van der Waals surface area contributed by atoms with E-state index in [0.29, 0.717) is 17.1 Å². The molecule has 2 aromatic heterocycles. The fourth-order valence-electron chi connectivity index (χ4n) is 2.14. The number of thiazole rings is 1. The van der Waals surface area contributed by atoms with Gasteiger partial charge in [0.15, 0.2) is 11.6 Å². The second-order valence-electron chi connectivity index (χ2n) is 5.98. The zero-order chi connectivity index (χ0) is 21.2. The van der Waals surface area contributed by atoms with Gasteiger partial charge in [0.05, 0.1) is 24.9 Å². The molecule has 154 valence electrons. The number of para-hydroxylation sites is 2. The van der Waals surface area contributed by atoms with E-state index >= 15 is 0 Å². The summed E-state index contributed by atoms with van der Waals surface area (Å²) in [5.74, 6) is -0.398. The van der Waals surface area contributed by atoms with Crippen molar-refractivity contribution in [2.75, 3.05) is 33.1 Å². The van der Waals surface area contributed by atoms with Crippen LogP contribution in [0.25, 0.3) is 4.96 Å². The number of carbonyl (C=O) groups is 3. The van der Waals surface area contributed by atoms with Crippen LogP contribution in [0.2, 0.25) is 0 Å². The highest BCUT2D eigenvalue weighted by Crippen LogP contribution is 2.22. The molecule has 0 radical (unpaired) electrons. The summed E-state index contributed by atoms with van der Waals surface area (Å²) in [5, 5.41) is 4.55. The molecule has 2 amide bonds.